The van der Waals surface area contributed by atoms with Crippen LogP contribution in [-0.4, -0.2) is 12.9 Å². The quantitative estimate of drug-likeness (QED) is 0.559. The average Bonchev–Trinajstić information content (AvgIpc) is 2.01. The predicted octanol–water partition coefficient (Wildman–Crippen LogP) is 1.60. The van der Waals surface area contributed by atoms with E-state index in [1.54, 1.807) is 13.2 Å². The Labute approximate surface area is 65.9 Å². The number of methoxy groups -OCH3 is 1. The van der Waals surface area contributed by atoms with Gasteiger partial charge in [0.15, 0.2) is 5.78 Å². The minimum absolute atomic E-state index is 0.0272. The molecule has 2 heteroatoms. The molecule has 0 unspecified atom stereocenters. The lowest BCUT2D eigenvalue weighted by atomic mass is 9.88. The van der Waals surface area contributed by atoms with E-state index in [0.29, 0.717) is 16.9 Å². The molecule has 1 rings (SSSR count). The fourth-order valence-electron chi connectivity index (χ4n) is 1.10. The normalized spacial score (nSPS) is 20.2. The van der Waals surface area contributed by atoms with Crippen molar-refractivity contribution in [1.82, 2.24) is 0 Å². The van der Waals surface area contributed by atoms with Crippen LogP contribution >= 0.6 is 0 Å². The van der Waals surface area contributed by atoms with Crippen LogP contribution < -0.4 is 0 Å². The summed E-state index contributed by atoms with van der Waals surface area (Å²) in [6, 6.07) is 0. The largest absolute Gasteiger partial charge is 0.495 e. The number of ether oxygens (including phenoxy) is 1. The smallest absolute Gasteiger partial charge is 0.200 e. The van der Waals surface area contributed by atoms with Crippen LogP contribution in [0.2, 0.25) is 0 Å². The van der Waals surface area contributed by atoms with Gasteiger partial charge in [-0.25, -0.2) is 0 Å². The van der Waals surface area contributed by atoms with Crippen LogP contribution in [0.1, 0.15) is 6.92 Å². The summed E-state index contributed by atoms with van der Waals surface area (Å²) in [5, 5.41) is 0. The van der Waals surface area contributed by atoms with Crippen molar-refractivity contribution in [3.05, 3.63) is 35.6 Å². The molecule has 0 fully saturated rings. The number of allylic oxidation sites excluding steroid dienone is 4. The Balaban J connectivity index is 3.09. The summed E-state index contributed by atoms with van der Waals surface area (Å²) in [6.07, 6.45) is 3.27. The molecule has 0 spiro atoms. The lowest BCUT2D eigenvalue weighted by Gasteiger charge is -2.21. The maximum atomic E-state index is 11.1. The molecule has 0 saturated heterocycles. The molecule has 0 aromatic rings. The highest BCUT2D eigenvalue weighted by Gasteiger charge is 2.31. The highest BCUT2D eigenvalue weighted by Crippen LogP contribution is 2.30. The van der Waals surface area contributed by atoms with Crippen LogP contribution in [-0.2, 0) is 9.53 Å². The summed E-state index contributed by atoms with van der Waals surface area (Å²) in [6.45, 7) is 5.33. The lowest BCUT2D eigenvalue weighted by molar-refractivity contribution is -0.113. The third-order valence-corrected chi connectivity index (χ3v) is 1.68. The van der Waals surface area contributed by atoms with Gasteiger partial charge in [0.1, 0.15) is 5.76 Å². The van der Waals surface area contributed by atoms with Crippen LogP contribution in [0.4, 0.5) is 0 Å². The monoisotopic (exact) mass is 150 g/mol. The van der Waals surface area contributed by atoms with Gasteiger partial charge >= 0.3 is 0 Å². The van der Waals surface area contributed by atoms with E-state index in [0.717, 1.165) is 0 Å². The highest BCUT2D eigenvalue weighted by molar-refractivity contribution is 6.20. The van der Waals surface area contributed by atoms with Gasteiger partial charge in [-0.15, -0.1) is 0 Å². The number of carbonyl (C=O) groups is 1. The molecule has 1 aliphatic carbocycles. The van der Waals surface area contributed by atoms with E-state index in [-0.39, 0.29) is 5.78 Å². The fourth-order valence-corrected chi connectivity index (χ4v) is 1.10. The number of ketones is 1. The third kappa shape index (κ3) is 0.909. The Morgan fingerprint density at radius 1 is 1.55 bits per heavy atom. The Kier molecular flexibility index (Phi) is 1.94. The second-order valence-corrected chi connectivity index (χ2v) is 2.18. The molecule has 0 atom stereocenters. The molecule has 0 aliphatic heterocycles. The Morgan fingerprint density at radius 2 is 2.18 bits per heavy atom. The molecular formula is C9H10O2. The molecule has 0 amide bonds. The summed E-state index contributed by atoms with van der Waals surface area (Å²) in [5.74, 6) is 0.687. The van der Waals surface area contributed by atoms with E-state index in [4.69, 9.17) is 4.74 Å². The van der Waals surface area contributed by atoms with Crippen molar-refractivity contribution in [1.29, 1.82) is 0 Å². The standard InChI is InChI=1S/C9H10O2/c1-4-6-8(10)7(5-2)9(6)11-3/h4-5H,1H2,2-3H3/b7-5+. The second-order valence-electron chi connectivity index (χ2n) is 2.18. The molecule has 0 bridgehead atoms. The Hall–Kier alpha value is -1.31. The van der Waals surface area contributed by atoms with Gasteiger partial charge in [0, 0.05) is 0 Å². The zero-order valence-electron chi connectivity index (χ0n) is 6.68. The summed E-state index contributed by atoms with van der Waals surface area (Å²) in [5.41, 5.74) is 1.24. The molecule has 0 saturated carbocycles. The van der Waals surface area contributed by atoms with Crippen molar-refractivity contribution in [3.8, 4) is 0 Å². The van der Waals surface area contributed by atoms with Crippen LogP contribution in [0.15, 0.2) is 35.6 Å². The molecule has 0 heterocycles. The van der Waals surface area contributed by atoms with Crippen molar-refractivity contribution < 1.29 is 9.53 Å². The van der Waals surface area contributed by atoms with Gasteiger partial charge < -0.3 is 4.74 Å². The fraction of sp³-hybridized carbons (Fsp3) is 0.222. The molecule has 11 heavy (non-hydrogen) atoms. The van der Waals surface area contributed by atoms with Crippen molar-refractivity contribution >= 4 is 5.78 Å². The maximum Gasteiger partial charge on any atom is 0.200 e. The predicted molar refractivity (Wildman–Crippen MR) is 43.0 cm³/mol. The van der Waals surface area contributed by atoms with Gasteiger partial charge in [-0.3, -0.25) is 4.79 Å². The first-order valence-electron chi connectivity index (χ1n) is 3.38. The summed E-state index contributed by atoms with van der Waals surface area (Å²) in [7, 11) is 1.55. The second kappa shape index (κ2) is 2.74. The SMILES string of the molecule is C=CC1=C(OC)/C(=C/C)C1=O. The zero-order valence-corrected chi connectivity index (χ0v) is 6.68. The molecule has 0 aromatic heterocycles. The highest BCUT2D eigenvalue weighted by atomic mass is 16.5. The van der Waals surface area contributed by atoms with Crippen molar-refractivity contribution in [2.45, 2.75) is 6.92 Å². The summed E-state index contributed by atoms with van der Waals surface area (Å²) < 4.78 is 4.98. The summed E-state index contributed by atoms with van der Waals surface area (Å²) in [4.78, 5) is 11.1. The molecule has 0 N–H and O–H groups in total. The zero-order chi connectivity index (χ0) is 8.43. The van der Waals surface area contributed by atoms with Gasteiger partial charge in [-0.05, 0) is 6.92 Å². The van der Waals surface area contributed by atoms with E-state index in [1.807, 2.05) is 6.92 Å². The average molecular weight is 150 g/mol. The van der Waals surface area contributed by atoms with E-state index < -0.39 is 0 Å². The van der Waals surface area contributed by atoms with Crippen LogP contribution in [0, 0.1) is 0 Å². The summed E-state index contributed by atoms with van der Waals surface area (Å²) >= 11 is 0. The van der Waals surface area contributed by atoms with E-state index in [1.165, 1.54) is 6.08 Å². The molecule has 0 aromatic carbocycles. The third-order valence-electron chi connectivity index (χ3n) is 1.68. The van der Waals surface area contributed by atoms with Gasteiger partial charge in [-0.1, -0.05) is 18.7 Å². The Morgan fingerprint density at radius 3 is 2.55 bits per heavy atom. The van der Waals surface area contributed by atoms with Crippen molar-refractivity contribution in [2.75, 3.05) is 7.11 Å². The number of hydrogen-bond donors (Lipinski definition) is 0. The number of hydrogen-bond acceptors (Lipinski definition) is 2. The first-order chi connectivity index (χ1) is 5.26. The van der Waals surface area contributed by atoms with E-state index in [2.05, 4.69) is 6.58 Å². The van der Waals surface area contributed by atoms with Gasteiger partial charge in [-0.2, -0.15) is 0 Å². The minimum Gasteiger partial charge on any atom is -0.495 e. The topological polar surface area (TPSA) is 26.3 Å². The molecule has 0 radical (unpaired) electrons. The van der Waals surface area contributed by atoms with E-state index >= 15 is 0 Å². The van der Waals surface area contributed by atoms with Gasteiger partial charge in [0.05, 0.1) is 18.3 Å². The molecule has 2 nitrogen and oxygen atoms in total. The number of rotatable bonds is 2. The van der Waals surface area contributed by atoms with Crippen LogP contribution in [0.5, 0.6) is 0 Å². The minimum atomic E-state index is 0.0272. The molecular weight excluding hydrogens is 140 g/mol. The van der Waals surface area contributed by atoms with E-state index in [9.17, 15) is 4.79 Å². The lowest BCUT2D eigenvalue weighted by Crippen LogP contribution is -2.21. The van der Waals surface area contributed by atoms with Crippen LogP contribution in [0.3, 0.4) is 0 Å². The molecule has 1 aliphatic rings. The van der Waals surface area contributed by atoms with Gasteiger partial charge in [0.2, 0.25) is 0 Å². The van der Waals surface area contributed by atoms with Crippen molar-refractivity contribution in [3.63, 3.8) is 0 Å². The van der Waals surface area contributed by atoms with Gasteiger partial charge in [0.25, 0.3) is 0 Å². The first-order valence-corrected chi connectivity index (χ1v) is 3.38. The van der Waals surface area contributed by atoms with Crippen molar-refractivity contribution in [2.24, 2.45) is 0 Å². The number of carbonyl (C=O) groups excluding carboxylic acids is 1. The number of Topliss-reactive ketones (excluding diaryl/α,β-unsaturated/α-hetero) is 1. The Bertz CT molecular complexity index is 269. The van der Waals surface area contributed by atoms with Crippen LogP contribution in [0.25, 0.3) is 0 Å². The first kappa shape index (κ1) is 7.79. The molecule has 58 valence electrons. The maximum absolute atomic E-state index is 11.1.